The fourth-order valence-corrected chi connectivity index (χ4v) is 1.13. The predicted octanol–water partition coefficient (Wildman–Crippen LogP) is 1.07. The maximum Gasteiger partial charge on any atom is 0.123 e. The molecule has 5 nitrogen and oxygen atoms in total. The molecule has 0 spiro atoms. The molecule has 2 aromatic rings. The molecule has 0 aromatic carbocycles. The summed E-state index contributed by atoms with van der Waals surface area (Å²) in [5, 5.41) is 10.9. The average Bonchev–Trinajstić information content (AvgIpc) is 2.30. The first kappa shape index (κ1) is 9.39. The highest BCUT2D eigenvalue weighted by Crippen LogP contribution is 2.07. The van der Waals surface area contributed by atoms with E-state index in [1.54, 1.807) is 18.5 Å². The Kier molecular flexibility index (Phi) is 2.73. The molecule has 0 saturated heterocycles. The van der Waals surface area contributed by atoms with Gasteiger partial charge in [-0.1, -0.05) is 0 Å². The van der Waals surface area contributed by atoms with Crippen molar-refractivity contribution in [2.75, 3.05) is 11.1 Å². The summed E-state index contributed by atoms with van der Waals surface area (Å²) in [7, 11) is 0. The first-order chi connectivity index (χ1) is 7.34. The number of hydrogen-bond donors (Lipinski definition) is 2. The topological polar surface area (TPSA) is 76.7 Å². The SMILES string of the molecule is Nc1ccc(NCc2cccnn2)cn1. The Morgan fingerprint density at radius 1 is 1.27 bits per heavy atom. The van der Waals surface area contributed by atoms with E-state index in [-0.39, 0.29) is 0 Å². The van der Waals surface area contributed by atoms with Crippen LogP contribution in [0.1, 0.15) is 5.69 Å². The summed E-state index contributed by atoms with van der Waals surface area (Å²) in [4.78, 5) is 3.97. The van der Waals surface area contributed by atoms with Crippen LogP contribution in [0.3, 0.4) is 0 Å². The van der Waals surface area contributed by atoms with Gasteiger partial charge in [-0.2, -0.15) is 10.2 Å². The van der Waals surface area contributed by atoms with Crippen LogP contribution in [0.5, 0.6) is 0 Å². The van der Waals surface area contributed by atoms with Crippen LogP contribution in [0.2, 0.25) is 0 Å². The lowest BCUT2D eigenvalue weighted by Crippen LogP contribution is -2.02. The molecule has 0 radical (unpaired) electrons. The van der Waals surface area contributed by atoms with Crippen LogP contribution in [-0.2, 0) is 6.54 Å². The molecule has 0 unspecified atom stereocenters. The largest absolute Gasteiger partial charge is 0.384 e. The van der Waals surface area contributed by atoms with Gasteiger partial charge in [0.2, 0.25) is 0 Å². The average molecular weight is 201 g/mol. The van der Waals surface area contributed by atoms with Crippen LogP contribution in [-0.4, -0.2) is 15.2 Å². The Bertz CT molecular complexity index is 412. The lowest BCUT2D eigenvalue weighted by Gasteiger charge is -2.04. The molecule has 76 valence electrons. The first-order valence-corrected chi connectivity index (χ1v) is 4.56. The van der Waals surface area contributed by atoms with E-state index in [4.69, 9.17) is 5.73 Å². The van der Waals surface area contributed by atoms with Gasteiger partial charge in [-0.3, -0.25) is 0 Å². The van der Waals surface area contributed by atoms with Crippen molar-refractivity contribution < 1.29 is 0 Å². The highest BCUT2D eigenvalue weighted by atomic mass is 15.1. The van der Waals surface area contributed by atoms with Crippen molar-refractivity contribution in [1.82, 2.24) is 15.2 Å². The molecule has 2 aromatic heterocycles. The zero-order chi connectivity index (χ0) is 10.5. The lowest BCUT2D eigenvalue weighted by molar-refractivity contribution is 0.924. The quantitative estimate of drug-likeness (QED) is 0.776. The minimum atomic E-state index is 0.514. The lowest BCUT2D eigenvalue weighted by atomic mass is 10.3. The number of hydrogen-bond acceptors (Lipinski definition) is 5. The fourth-order valence-electron chi connectivity index (χ4n) is 1.13. The molecule has 0 aliphatic carbocycles. The van der Waals surface area contributed by atoms with E-state index in [1.807, 2.05) is 18.2 Å². The highest BCUT2D eigenvalue weighted by molar-refractivity contribution is 5.45. The van der Waals surface area contributed by atoms with E-state index in [0.717, 1.165) is 11.4 Å². The Morgan fingerprint density at radius 2 is 2.20 bits per heavy atom. The van der Waals surface area contributed by atoms with Crippen LogP contribution in [0.25, 0.3) is 0 Å². The number of anilines is 2. The van der Waals surface area contributed by atoms with Crippen LogP contribution in [0, 0.1) is 0 Å². The van der Waals surface area contributed by atoms with Gasteiger partial charge in [0.05, 0.1) is 24.1 Å². The van der Waals surface area contributed by atoms with E-state index in [1.165, 1.54) is 0 Å². The number of nitrogens with zero attached hydrogens (tertiary/aromatic N) is 3. The number of aromatic nitrogens is 3. The Balaban J connectivity index is 1.96. The summed E-state index contributed by atoms with van der Waals surface area (Å²) < 4.78 is 0. The molecule has 2 rings (SSSR count). The van der Waals surface area contributed by atoms with Gasteiger partial charge in [0.1, 0.15) is 5.82 Å². The van der Waals surface area contributed by atoms with Crippen molar-refractivity contribution in [3.05, 3.63) is 42.4 Å². The molecular formula is C10H11N5. The van der Waals surface area contributed by atoms with Crippen LogP contribution >= 0.6 is 0 Å². The van der Waals surface area contributed by atoms with Gasteiger partial charge in [0, 0.05) is 6.20 Å². The van der Waals surface area contributed by atoms with E-state index in [0.29, 0.717) is 12.4 Å². The molecule has 0 aliphatic heterocycles. The van der Waals surface area contributed by atoms with E-state index in [9.17, 15) is 0 Å². The maximum absolute atomic E-state index is 5.47. The minimum absolute atomic E-state index is 0.514. The van der Waals surface area contributed by atoms with Gasteiger partial charge >= 0.3 is 0 Å². The van der Waals surface area contributed by atoms with Crippen molar-refractivity contribution in [3.8, 4) is 0 Å². The number of pyridine rings is 1. The number of rotatable bonds is 3. The van der Waals surface area contributed by atoms with Gasteiger partial charge in [0.15, 0.2) is 0 Å². The second-order valence-electron chi connectivity index (χ2n) is 3.04. The van der Waals surface area contributed by atoms with Crippen molar-refractivity contribution in [2.24, 2.45) is 0 Å². The number of nitrogens with two attached hydrogens (primary N) is 1. The van der Waals surface area contributed by atoms with Gasteiger partial charge in [-0.15, -0.1) is 0 Å². The number of nitrogen functional groups attached to an aromatic ring is 1. The van der Waals surface area contributed by atoms with Crippen LogP contribution < -0.4 is 11.1 Å². The molecule has 5 heteroatoms. The first-order valence-electron chi connectivity index (χ1n) is 4.56. The van der Waals surface area contributed by atoms with Gasteiger partial charge in [-0.05, 0) is 24.3 Å². The minimum Gasteiger partial charge on any atom is -0.384 e. The molecule has 2 heterocycles. The monoisotopic (exact) mass is 201 g/mol. The smallest absolute Gasteiger partial charge is 0.123 e. The van der Waals surface area contributed by atoms with Crippen molar-refractivity contribution in [3.63, 3.8) is 0 Å². The molecule has 0 amide bonds. The standard InChI is InChI=1S/C10H11N5/c11-10-4-3-8(6-13-10)12-7-9-2-1-5-14-15-9/h1-6,12H,7H2,(H2,11,13). The fraction of sp³-hybridized carbons (Fsp3) is 0.100. The summed E-state index contributed by atoms with van der Waals surface area (Å²) in [5.41, 5.74) is 7.27. The zero-order valence-electron chi connectivity index (χ0n) is 8.09. The Morgan fingerprint density at radius 3 is 2.87 bits per heavy atom. The summed E-state index contributed by atoms with van der Waals surface area (Å²) in [6, 6.07) is 7.38. The normalized spacial score (nSPS) is 9.87. The molecule has 0 fully saturated rings. The predicted molar refractivity (Wildman–Crippen MR) is 58.0 cm³/mol. The summed E-state index contributed by atoms with van der Waals surface area (Å²) in [6.07, 6.45) is 3.33. The van der Waals surface area contributed by atoms with Crippen LogP contribution in [0.15, 0.2) is 36.7 Å². The molecule has 0 atom stereocenters. The third-order valence-electron chi connectivity index (χ3n) is 1.89. The molecule has 15 heavy (non-hydrogen) atoms. The number of nitrogens with one attached hydrogen (secondary N) is 1. The van der Waals surface area contributed by atoms with Gasteiger partial charge in [-0.25, -0.2) is 4.98 Å². The van der Waals surface area contributed by atoms with E-state index < -0.39 is 0 Å². The third-order valence-corrected chi connectivity index (χ3v) is 1.89. The second kappa shape index (κ2) is 4.36. The molecule has 0 aliphatic rings. The van der Waals surface area contributed by atoms with Crippen LogP contribution in [0.4, 0.5) is 11.5 Å². The Hall–Kier alpha value is -2.17. The van der Waals surface area contributed by atoms with Crippen molar-refractivity contribution in [2.45, 2.75) is 6.54 Å². The molecular weight excluding hydrogens is 190 g/mol. The van der Waals surface area contributed by atoms with Crippen molar-refractivity contribution >= 4 is 11.5 Å². The van der Waals surface area contributed by atoms with Crippen molar-refractivity contribution in [1.29, 1.82) is 0 Å². The third kappa shape index (κ3) is 2.63. The summed E-state index contributed by atoms with van der Waals surface area (Å²) in [6.45, 7) is 0.624. The van der Waals surface area contributed by atoms with E-state index in [2.05, 4.69) is 20.5 Å². The molecule has 0 bridgehead atoms. The van der Waals surface area contributed by atoms with Gasteiger partial charge in [0.25, 0.3) is 0 Å². The molecule has 3 N–H and O–H groups in total. The zero-order valence-corrected chi connectivity index (χ0v) is 8.09. The highest BCUT2D eigenvalue weighted by Gasteiger charge is 1.95. The molecule has 0 saturated carbocycles. The van der Waals surface area contributed by atoms with Gasteiger partial charge < -0.3 is 11.1 Å². The second-order valence-corrected chi connectivity index (χ2v) is 3.04. The van der Waals surface area contributed by atoms with E-state index >= 15 is 0 Å². The summed E-state index contributed by atoms with van der Waals surface area (Å²) in [5.74, 6) is 0.514. The maximum atomic E-state index is 5.47. The Labute approximate surface area is 87.4 Å². The summed E-state index contributed by atoms with van der Waals surface area (Å²) >= 11 is 0.